The number of fused-ring (bicyclic) bond motifs is 1. The standard InChI is InChI=1S/C15H8Br3FS/c16-13-7-11(15(18)20-13)14(17)10-5-6-12(19)9-4-2-1-3-8(9)10/h1-7,14H. The minimum absolute atomic E-state index is 0.0184. The van der Waals surface area contributed by atoms with Gasteiger partial charge in [-0.15, -0.1) is 11.3 Å². The van der Waals surface area contributed by atoms with Gasteiger partial charge in [0.1, 0.15) is 5.82 Å². The van der Waals surface area contributed by atoms with Crippen LogP contribution in [0.2, 0.25) is 0 Å². The maximum absolute atomic E-state index is 13.9. The molecule has 0 saturated carbocycles. The number of hydrogen-bond acceptors (Lipinski definition) is 1. The molecule has 0 nitrogen and oxygen atoms in total. The summed E-state index contributed by atoms with van der Waals surface area (Å²) in [6.07, 6.45) is 0. The molecule has 3 rings (SSSR count). The van der Waals surface area contributed by atoms with Crippen molar-refractivity contribution in [3.8, 4) is 0 Å². The van der Waals surface area contributed by atoms with E-state index in [1.807, 2.05) is 30.3 Å². The number of hydrogen-bond donors (Lipinski definition) is 0. The molecular weight excluding hydrogens is 471 g/mol. The molecule has 0 radical (unpaired) electrons. The first-order valence-corrected chi connectivity index (χ1v) is 9.15. The molecule has 0 aliphatic rings. The van der Waals surface area contributed by atoms with Gasteiger partial charge in [0.15, 0.2) is 0 Å². The van der Waals surface area contributed by atoms with Crippen LogP contribution in [0.25, 0.3) is 10.8 Å². The first-order valence-electron chi connectivity index (χ1n) is 5.84. The highest BCUT2D eigenvalue weighted by Gasteiger charge is 2.19. The van der Waals surface area contributed by atoms with Gasteiger partial charge in [0.25, 0.3) is 0 Å². The Balaban J connectivity index is 2.20. The third-order valence-electron chi connectivity index (χ3n) is 3.13. The maximum Gasteiger partial charge on any atom is 0.131 e. The molecule has 1 heterocycles. The smallest absolute Gasteiger partial charge is 0.131 e. The quantitative estimate of drug-likeness (QED) is 0.346. The highest BCUT2D eigenvalue weighted by Crippen LogP contribution is 2.43. The van der Waals surface area contributed by atoms with Crippen molar-refractivity contribution in [2.75, 3.05) is 0 Å². The molecule has 0 saturated heterocycles. The molecule has 1 unspecified atom stereocenters. The average Bonchev–Trinajstić information content (AvgIpc) is 2.78. The van der Waals surface area contributed by atoms with Crippen LogP contribution in [0.4, 0.5) is 4.39 Å². The number of benzene rings is 2. The lowest BCUT2D eigenvalue weighted by Gasteiger charge is -2.13. The van der Waals surface area contributed by atoms with E-state index in [9.17, 15) is 4.39 Å². The van der Waals surface area contributed by atoms with Crippen LogP contribution in [0, 0.1) is 5.82 Å². The Hall–Kier alpha value is -0.230. The van der Waals surface area contributed by atoms with Crippen molar-refractivity contribution >= 4 is 69.9 Å². The number of halogens is 4. The largest absolute Gasteiger partial charge is 0.206 e. The summed E-state index contributed by atoms with van der Waals surface area (Å²) in [7, 11) is 0. The van der Waals surface area contributed by atoms with Crippen molar-refractivity contribution in [2.45, 2.75) is 4.83 Å². The summed E-state index contributed by atoms with van der Waals surface area (Å²) in [4.78, 5) is 0.0184. The predicted octanol–water partition coefficient (Wildman–Crippen LogP) is 7.05. The first kappa shape index (κ1) is 14.7. The van der Waals surface area contributed by atoms with Gasteiger partial charge in [-0.1, -0.05) is 46.3 Å². The van der Waals surface area contributed by atoms with Crippen LogP contribution >= 0.6 is 59.1 Å². The molecule has 0 N–H and O–H groups in total. The first-order chi connectivity index (χ1) is 9.58. The second-order valence-corrected chi connectivity index (χ2v) is 8.99. The van der Waals surface area contributed by atoms with E-state index in [1.54, 1.807) is 11.3 Å². The Morgan fingerprint density at radius 2 is 1.65 bits per heavy atom. The van der Waals surface area contributed by atoms with Crippen LogP contribution < -0.4 is 0 Å². The van der Waals surface area contributed by atoms with Gasteiger partial charge in [0.2, 0.25) is 0 Å². The highest BCUT2D eigenvalue weighted by molar-refractivity contribution is 9.12. The lowest BCUT2D eigenvalue weighted by atomic mass is 9.99. The lowest BCUT2D eigenvalue weighted by molar-refractivity contribution is 0.639. The average molecular weight is 479 g/mol. The molecule has 0 aliphatic carbocycles. The third-order valence-corrected chi connectivity index (χ3v) is 6.51. The van der Waals surface area contributed by atoms with E-state index in [2.05, 4.69) is 53.9 Å². The third kappa shape index (κ3) is 2.61. The van der Waals surface area contributed by atoms with Crippen LogP contribution in [0.15, 0.2) is 50.0 Å². The molecule has 0 amide bonds. The van der Waals surface area contributed by atoms with Gasteiger partial charge < -0.3 is 0 Å². The van der Waals surface area contributed by atoms with Gasteiger partial charge in [0, 0.05) is 5.39 Å². The van der Waals surface area contributed by atoms with Crippen LogP contribution in [-0.4, -0.2) is 0 Å². The summed E-state index contributed by atoms with van der Waals surface area (Å²) in [5, 5.41) is 1.59. The van der Waals surface area contributed by atoms with E-state index in [-0.39, 0.29) is 10.6 Å². The van der Waals surface area contributed by atoms with Crippen molar-refractivity contribution in [3.63, 3.8) is 0 Å². The van der Waals surface area contributed by atoms with Gasteiger partial charge in [-0.05, 0) is 60.5 Å². The molecule has 1 atom stereocenters. The molecule has 5 heteroatoms. The second-order valence-electron chi connectivity index (χ2n) is 4.32. The molecule has 0 spiro atoms. The molecule has 0 bridgehead atoms. The van der Waals surface area contributed by atoms with E-state index in [4.69, 9.17) is 0 Å². The van der Waals surface area contributed by atoms with Gasteiger partial charge >= 0.3 is 0 Å². The predicted molar refractivity (Wildman–Crippen MR) is 94.4 cm³/mol. The molecular formula is C15H8Br3FS. The lowest BCUT2D eigenvalue weighted by Crippen LogP contribution is -1.94. The molecule has 0 aliphatic heterocycles. The normalized spacial score (nSPS) is 12.8. The van der Waals surface area contributed by atoms with Crippen molar-refractivity contribution < 1.29 is 4.39 Å². The van der Waals surface area contributed by atoms with Crippen molar-refractivity contribution in [2.24, 2.45) is 0 Å². The molecule has 20 heavy (non-hydrogen) atoms. The number of alkyl halides is 1. The van der Waals surface area contributed by atoms with Crippen molar-refractivity contribution in [1.29, 1.82) is 0 Å². The number of rotatable bonds is 2. The zero-order valence-electron chi connectivity index (χ0n) is 10.0. The Morgan fingerprint density at radius 1 is 0.950 bits per heavy atom. The summed E-state index contributed by atoms with van der Waals surface area (Å²) >= 11 is 12.4. The van der Waals surface area contributed by atoms with E-state index in [1.165, 1.54) is 6.07 Å². The molecule has 3 aromatic rings. The minimum Gasteiger partial charge on any atom is -0.206 e. The SMILES string of the molecule is Fc1ccc(C(Br)c2cc(Br)sc2Br)c2ccccc12. The van der Waals surface area contributed by atoms with Gasteiger partial charge in [0.05, 0.1) is 12.4 Å². The summed E-state index contributed by atoms with van der Waals surface area (Å²) in [6, 6.07) is 13.0. The summed E-state index contributed by atoms with van der Waals surface area (Å²) in [5.41, 5.74) is 2.20. The van der Waals surface area contributed by atoms with Crippen LogP contribution in [0.3, 0.4) is 0 Å². The van der Waals surface area contributed by atoms with Crippen molar-refractivity contribution in [1.82, 2.24) is 0 Å². The topological polar surface area (TPSA) is 0 Å². The fourth-order valence-corrected chi connectivity index (χ4v) is 6.32. The van der Waals surface area contributed by atoms with Crippen LogP contribution in [0.1, 0.15) is 16.0 Å². The van der Waals surface area contributed by atoms with E-state index in [0.717, 1.165) is 24.1 Å². The second kappa shape index (κ2) is 5.87. The number of thiophene rings is 1. The van der Waals surface area contributed by atoms with Gasteiger partial charge in [-0.2, -0.15) is 0 Å². The Morgan fingerprint density at radius 3 is 2.30 bits per heavy atom. The fraction of sp³-hybridized carbons (Fsp3) is 0.0667. The highest BCUT2D eigenvalue weighted by atomic mass is 79.9. The van der Waals surface area contributed by atoms with Crippen molar-refractivity contribution in [3.05, 3.63) is 67.0 Å². The Labute approximate surface area is 145 Å². The molecule has 2 aromatic carbocycles. The summed E-state index contributed by atoms with van der Waals surface area (Å²) < 4.78 is 16.0. The van der Waals surface area contributed by atoms with Crippen LogP contribution in [-0.2, 0) is 0 Å². The molecule has 0 fully saturated rings. The molecule has 1 aromatic heterocycles. The van der Waals surface area contributed by atoms with Gasteiger partial charge in [-0.3, -0.25) is 0 Å². The molecule has 102 valence electrons. The zero-order valence-corrected chi connectivity index (χ0v) is 15.6. The Kier molecular flexibility index (Phi) is 4.32. The van der Waals surface area contributed by atoms with Crippen LogP contribution in [0.5, 0.6) is 0 Å². The van der Waals surface area contributed by atoms with E-state index < -0.39 is 0 Å². The fourth-order valence-electron chi connectivity index (χ4n) is 2.20. The zero-order chi connectivity index (χ0) is 14.3. The monoisotopic (exact) mass is 476 g/mol. The maximum atomic E-state index is 13.9. The minimum atomic E-state index is -0.186. The Bertz CT molecular complexity index is 782. The van der Waals surface area contributed by atoms with Gasteiger partial charge in [-0.25, -0.2) is 4.39 Å². The summed E-state index contributed by atoms with van der Waals surface area (Å²) in [5.74, 6) is -0.186. The van der Waals surface area contributed by atoms with E-state index in [0.29, 0.717) is 5.39 Å². The summed E-state index contributed by atoms with van der Waals surface area (Å²) in [6.45, 7) is 0. The van der Waals surface area contributed by atoms with E-state index >= 15 is 0 Å².